The first-order valence-corrected chi connectivity index (χ1v) is 7.43. The fraction of sp³-hybridized carbons (Fsp3) is 0.100. The SMILES string of the molecule is Cc1ccc(N(c2ccc(F)cc2)c2ccc(C)c(F)c2)cc1. The van der Waals surface area contributed by atoms with Crippen molar-refractivity contribution in [2.45, 2.75) is 13.8 Å². The van der Waals surface area contributed by atoms with E-state index in [2.05, 4.69) is 0 Å². The maximum absolute atomic E-state index is 14.0. The molecule has 3 aromatic carbocycles. The molecule has 3 rings (SSSR count). The average molecular weight is 309 g/mol. The third-order valence-corrected chi connectivity index (χ3v) is 3.79. The van der Waals surface area contributed by atoms with Crippen molar-refractivity contribution in [1.29, 1.82) is 0 Å². The molecule has 0 aromatic heterocycles. The summed E-state index contributed by atoms with van der Waals surface area (Å²) in [6.45, 7) is 3.74. The Hall–Kier alpha value is -2.68. The van der Waals surface area contributed by atoms with Gasteiger partial charge in [0.15, 0.2) is 0 Å². The van der Waals surface area contributed by atoms with Crippen molar-refractivity contribution in [2.75, 3.05) is 4.90 Å². The van der Waals surface area contributed by atoms with Crippen molar-refractivity contribution in [2.24, 2.45) is 0 Å². The van der Waals surface area contributed by atoms with Crippen molar-refractivity contribution >= 4 is 17.1 Å². The van der Waals surface area contributed by atoms with Gasteiger partial charge < -0.3 is 4.90 Å². The molecule has 0 heterocycles. The molecule has 0 saturated heterocycles. The third-order valence-electron chi connectivity index (χ3n) is 3.79. The predicted octanol–water partition coefficient (Wildman–Crippen LogP) is 6.05. The Bertz CT molecular complexity index is 763. The number of rotatable bonds is 3. The third kappa shape index (κ3) is 3.24. The second kappa shape index (κ2) is 6.21. The summed E-state index contributed by atoms with van der Waals surface area (Å²) in [5.74, 6) is -0.561. The quantitative estimate of drug-likeness (QED) is 0.569. The largest absolute Gasteiger partial charge is 0.310 e. The van der Waals surface area contributed by atoms with Crippen LogP contribution in [0.1, 0.15) is 11.1 Å². The van der Waals surface area contributed by atoms with Gasteiger partial charge in [-0.1, -0.05) is 23.8 Å². The second-order valence-corrected chi connectivity index (χ2v) is 5.58. The zero-order valence-electron chi connectivity index (χ0n) is 13.1. The molecule has 3 heteroatoms. The lowest BCUT2D eigenvalue weighted by Gasteiger charge is -2.25. The van der Waals surface area contributed by atoms with Crippen LogP contribution in [-0.2, 0) is 0 Å². The van der Waals surface area contributed by atoms with Crippen LogP contribution >= 0.6 is 0 Å². The van der Waals surface area contributed by atoms with E-state index >= 15 is 0 Å². The van der Waals surface area contributed by atoms with Gasteiger partial charge in [0.2, 0.25) is 0 Å². The van der Waals surface area contributed by atoms with E-state index in [-0.39, 0.29) is 11.6 Å². The normalized spacial score (nSPS) is 10.6. The molecular formula is C20H17F2N. The Balaban J connectivity index is 2.14. The summed E-state index contributed by atoms with van der Waals surface area (Å²) in [5, 5.41) is 0. The number of hydrogen-bond donors (Lipinski definition) is 0. The Labute approximate surface area is 134 Å². The zero-order valence-corrected chi connectivity index (χ0v) is 13.1. The molecule has 0 aliphatic heterocycles. The zero-order chi connectivity index (χ0) is 16.4. The minimum absolute atomic E-state index is 0.262. The summed E-state index contributed by atoms with van der Waals surface area (Å²) in [5.41, 5.74) is 4.10. The minimum Gasteiger partial charge on any atom is -0.310 e. The van der Waals surface area contributed by atoms with Gasteiger partial charge in [-0.25, -0.2) is 8.78 Å². The van der Waals surface area contributed by atoms with E-state index in [4.69, 9.17) is 0 Å². The summed E-state index contributed by atoms with van der Waals surface area (Å²) >= 11 is 0. The Kier molecular flexibility index (Phi) is 4.11. The van der Waals surface area contributed by atoms with Crippen molar-refractivity contribution in [1.82, 2.24) is 0 Å². The lowest BCUT2D eigenvalue weighted by molar-refractivity contribution is 0.618. The highest BCUT2D eigenvalue weighted by molar-refractivity contribution is 5.76. The van der Waals surface area contributed by atoms with Crippen LogP contribution in [0.15, 0.2) is 66.7 Å². The van der Waals surface area contributed by atoms with E-state index in [0.717, 1.165) is 16.9 Å². The van der Waals surface area contributed by atoms with Crippen molar-refractivity contribution in [3.05, 3.63) is 89.5 Å². The van der Waals surface area contributed by atoms with Gasteiger partial charge in [-0.15, -0.1) is 0 Å². The molecule has 1 nitrogen and oxygen atoms in total. The number of nitrogens with zero attached hydrogens (tertiary/aromatic N) is 1. The number of anilines is 3. The van der Waals surface area contributed by atoms with Gasteiger partial charge in [0.1, 0.15) is 11.6 Å². The molecular weight excluding hydrogens is 292 g/mol. The first-order valence-electron chi connectivity index (χ1n) is 7.43. The molecule has 0 fully saturated rings. The highest BCUT2D eigenvalue weighted by atomic mass is 19.1. The summed E-state index contributed by atoms with van der Waals surface area (Å²) in [6.07, 6.45) is 0. The molecule has 0 N–H and O–H groups in total. The van der Waals surface area contributed by atoms with E-state index in [0.29, 0.717) is 11.3 Å². The Morgan fingerprint density at radius 3 is 1.74 bits per heavy atom. The highest BCUT2D eigenvalue weighted by Gasteiger charge is 2.13. The summed E-state index contributed by atoms with van der Waals surface area (Å²) < 4.78 is 27.3. The van der Waals surface area contributed by atoms with Crippen LogP contribution in [0.25, 0.3) is 0 Å². The molecule has 0 bridgehead atoms. The number of halogens is 2. The topological polar surface area (TPSA) is 3.24 Å². The van der Waals surface area contributed by atoms with Crippen molar-refractivity contribution < 1.29 is 8.78 Å². The highest BCUT2D eigenvalue weighted by Crippen LogP contribution is 2.35. The van der Waals surface area contributed by atoms with Crippen LogP contribution in [0, 0.1) is 25.5 Å². The first kappa shape index (κ1) is 15.2. The van der Waals surface area contributed by atoms with Crippen molar-refractivity contribution in [3.8, 4) is 0 Å². The van der Waals surface area contributed by atoms with Crippen LogP contribution in [0.2, 0.25) is 0 Å². The number of aryl methyl sites for hydroxylation is 2. The van der Waals surface area contributed by atoms with Gasteiger partial charge in [-0.2, -0.15) is 0 Å². The maximum Gasteiger partial charge on any atom is 0.128 e. The molecule has 0 spiro atoms. The van der Waals surface area contributed by atoms with Gasteiger partial charge in [0.05, 0.1) is 0 Å². The lowest BCUT2D eigenvalue weighted by atomic mass is 10.1. The second-order valence-electron chi connectivity index (χ2n) is 5.58. The molecule has 0 saturated carbocycles. The van der Waals surface area contributed by atoms with Gasteiger partial charge in [0, 0.05) is 17.1 Å². The predicted molar refractivity (Wildman–Crippen MR) is 90.5 cm³/mol. The molecule has 3 aromatic rings. The maximum atomic E-state index is 14.0. The smallest absolute Gasteiger partial charge is 0.128 e. The number of benzene rings is 3. The molecule has 0 amide bonds. The van der Waals surface area contributed by atoms with Crippen LogP contribution < -0.4 is 4.90 Å². The molecule has 0 aliphatic rings. The summed E-state index contributed by atoms with van der Waals surface area (Å²) in [7, 11) is 0. The molecule has 23 heavy (non-hydrogen) atoms. The van der Waals surface area contributed by atoms with E-state index < -0.39 is 0 Å². The van der Waals surface area contributed by atoms with Crippen LogP contribution in [0.3, 0.4) is 0 Å². The summed E-state index contributed by atoms with van der Waals surface area (Å²) in [4.78, 5) is 1.90. The number of hydrogen-bond acceptors (Lipinski definition) is 1. The average Bonchev–Trinajstić information content (AvgIpc) is 2.55. The van der Waals surface area contributed by atoms with Crippen LogP contribution in [-0.4, -0.2) is 0 Å². The van der Waals surface area contributed by atoms with Gasteiger partial charge in [0.25, 0.3) is 0 Å². The molecule has 0 radical (unpaired) electrons. The van der Waals surface area contributed by atoms with Crippen LogP contribution in [0.5, 0.6) is 0 Å². The van der Waals surface area contributed by atoms with E-state index in [1.54, 1.807) is 25.1 Å². The first-order chi connectivity index (χ1) is 11.0. The minimum atomic E-state index is -0.298. The Morgan fingerprint density at radius 1 is 0.652 bits per heavy atom. The lowest BCUT2D eigenvalue weighted by Crippen LogP contribution is -2.10. The van der Waals surface area contributed by atoms with Gasteiger partial charge >= 0.3 is 0 Å². The molecule has 116 valence electrons. The fourth-order valence-corrected chi connectivity index (χ4v) is 2.45. The molecule has 0 aliphatic carbocycles. The van der Waals surface area contributed by atoms with Gasteiger partial charge in [-0.05, 0) is 67.9 Å². The Morgan fingerprint density at radius 2 is 1.17 bits per heavy atom. The van der Waals surface area contributed by atoms with E-state index in [9.17, 15) is 8.78 Å². The fourth-order valence-electron chi connectivity index (χ4n) is 2.45. The standard InChI is InChI=1S/C20H17F2N/c1-14-3-8-17(9-4-14)23(18-11-6-16(21)7-12-18)19-10-5-15(2)20(22)13-19/h3-13H,1-2H3. The summed E-state index contributed by atoms with van der Waals surface area (Å²) in [6, 6.07) is 19.2. The van der Waals surface area contributed by atoms with Crippen LogP contribution in [0.4, 0.5) is 25.8 Å². The van der Waals surface area contributed by atoms with Gasteiger partial charge in [-0.3, -0.25) is 0 Å². The molecule has 0 atom stereocenters. The molecule has 0 unspecified atom stereocenters. The van der Waals surface area contributed by atoms with E-state index in [1.807, 2.05) is 42.2 Å². The van der Waals surface area contributed by atoms with Crippen molar-refractivity contribution in [3.63, 3.8) is 0 Å². The monoisotopic (exact) mass is 309 g/mol. The van der Waals surface area contributed by atoms with E-state index in [1.165, 1.54) is 18.2 Å².